The first kappa shape index (κ1) is 22.9. The van der Waals surface area contributed by atoms with Crippen molar-refractivity contribution in [1.29, 1.82) is 0 Å². The summed E-state index contributed by atoms with van der Waals surface area (Å²) in [6.07, 6.45) is 3.73. The van der Waals surface area contributed by atoms with E-state index in [1.54, 1.807) is 6.20 Å². The molecular formula is C22H24N8O4S. The lowest BCUT2D eigenvalue weighted by Gasteiger charge is -2.16. The second-order valence-corrected chi connectivity index (χ2v) is 9.42. The summed E-state index contributed by atoms with van der Waals surface area (Å²) in [5.41, 5.74) is 7.35. The number of hydrogen-bond donors (Lipinski definition) is 4. The number of aromatic amines is 1. The molecule has 0 radical (unpaired) electrons. The number of anilines is 1. The van der Waals surface area contributed by atoms with Gasteiger partial charge in [-0.25, -0.2) is 15.0 Å². The molecule has 0 saturated heterocycles. The third-order valence-electron chi connectivity index (χ3n) is 5.38. The number of carbonyl (C=O) groups is 1. The van der Waals surface area contributed by atoms with Crippen LogP contribution in [0.2, 0.25) is 0 Å². The van der Waals surface area contributed by atoms with Crippen molar-refractivity contribution in [2.45, 2.75) is 42.5 Å². The summed E-state index contributed by atoms with van der Waals surface area (Å²) in [6.45, 7) is 3.93. The minimum Gasteiger partial charge on any atom is -0.454 e. The first-order chi connectivity index (χ1) is 16.8. The number of rotatable bonds is 8. The van der Waals surface area contributed by atoms with Gasteiger partial charge < -0.3 is 30.2 Å². The van der Waals surface area contributed by atoms with E-state index in [0.29, 0.717) is 47.3 Å². The van der Waals surface area contributed by atoms with Gasteiger partial charge in [-0.05, 0) is 38.5 Å². The zero-order valence-electron chi connectivity index (χ0n) is 19.1. The maximum Gasteiger partial charge on any atom is 0.251 e. The highest BCUT2D eigenvalue weighted by atomic mass is 32.2. The molecule has 4 heterocycles. The molecular weight excluding hydrogens is 472 g/mol. The second-order valence-electron chi connectivity index (χ2n) is 8.41. The number of hydrogen-bond acceptors (Lipinski definition) is 10. The highest BCUT2D eigenvalue weighted by Crippen LogP contribution is 2.44. The number of carbonyl (C=O) groups excluding carboxylic acids is 1. The lowest BCUT2D eigenvalue weighted by molar-refractivity contribution is -0.136. The van der Waals surface area contributed by atoms with E-state index in [2.05, 4.69) is 25.5 Å². The Labute approximate surface area is 204 Å². The highest BCUT2D eigenvalue weighted by Gasteiger charge is 2.24. The van der Waals surface area contributed by atoms with Crippen LogP contribution in [-0.2, 0) is 11.3 Å². The van der Waals surface area contributed by atoms with Gasteiger partial charge in [0.25, 0.3) is 5.91 Å². The third-order valence-corrected chi connectivity index (χ3v) is 6.43. The number of nitrogen functional groups attached to an aromatic ring is 1. The van der Waals surface area contributed by atoms with Crippen LogP contribution in [0.1, 0.15) is 20.3 Å². The van der Waals surface area contributed by atoms with Crippen LogP contribution in [0.4, 0.5) is 5.82 Å². The van der Waals surface area contributed by atoms with E-state index < -0.39 is 11.5 Å². The summed E-state index contributed by atoms with van der Waals surface area (Å²) in [5.74, 6) is 1.14. The maximum absolute atomic E-state index is 12.0. The molecule has 0 atom stereocenters. The molecule has 12 nitrogen and oxygen atoms in total. The van der Waals surface area contributed by atoms with Crippen molar-refractivity contribution in [3.63, 3.8) is 0 Å². The van der Waals surface area contributed by atoms with Gasteiger partial charge in [0.2, 0.25) is 6.79 Å². The number of aromatic nitrogens is 6. The normalized spacial score (nSPS) is 12.9. The quantitative estimate of drug-likeness (QED) is 0.265. The van der Waals surface area contributed by atoms with Gasteiger partial charge in [0.05, 0.1) is 5.69 Å². The number of benzene rings is 1. The fourth-order valence-electron chi connectivity index (χ4n) is 3.59. The van der Waals surface area contributed by atoms with E-state index in [1.807, 2.05) is 22.8 Å². The molecule has 5 N–H and O–H groups in total. The molecule has 4 aromatic rings. The van der Waals surface area contributed by atoms with Gasteiger partial charge >= 0.3 is 0 Å². The average molecular weight is 497 g/mol. The van der Waals surface area contributed by atoms with E-state index in [0.717, 1.165) is 16.2 Å². The molecule has 1 aliphatic heterocycles. The van der Waals surface area contributed by atoms with E-state index in [4.69, 9.17) is 20.2 Å². The number of imidazole rings is 1. The number of nitrogens with zero attached hydrogens (tertiary/aromatic N) is 5. The second kappa shape index (κ2) is 9.07. The topological polar surface area (TPSA) is 166 Å². The Balaban J connectivity index is 1.47. The lowest BCUT2D eigenvalue weighted by atomic mass is 10.1. The van der Waals surface area contributed by atoms with Gasteiger partial charge in [-0.3, -0.25) is 9.89 Å². The third kappa shape index (κ3) is 4.59. The summed E-state index contributed by atoms with van der Waals surface area (Å²) in [5, 5.41) is 20.4. The number of fused-ring (bicyclic) bond motifs is 2. The van der Waals surface area contributed by atoms with Gasteiger partial charge in [-0.15, -0.1) is 0 Å². The molecule has 0 fully saturated rings. The monoisotopic (exact) mass is 496 g/mol. The summed E-state index contributed by atoms with van der Waals surface area (Å²) >= 11 is 1.42. The van der Waals surface area contributed by atoms with Crippen molar-refractivity contribution in [3.05, 3.63) is 30.7 Å². The Morgan fingerprint density at radius 1 is 1.31 bits per heavy atom. The lowest BCUT2D eigenvalue weighted by Crippen LogP contribution is -2.42. The number of aryl methyl sites for hydroxylation is 1. The van der Waals surface area contributed by atoms with Gasteiger partial charge in [-0.1, -0.05) is 11.8 Å². The Morgan fingerprint density at radius 3 is 2.86 bits per heavy atom. The molecule has 13 heteroatoms. The van der Waals surface area contributed by atoms with Gasteiger partial charge in [-0.2, -0.15) is 5.10 Å². The van der Waals surface area contributed by atoms with Crippen molar-refractivity contribution < 1.29 is 19.4 Å². The predicted octanol–water partition coefficient (Wildman–Crippen LogP) is 1.96. The molecule has 5 rings (SSSR count). The fourth-order valence-corrected chi connectivity index (χ4v) is 4.65. The van der Waals surface area contributed by atoms with Crippen molar-refractivity contribution in [3.8, 4) is 22.8 Å². The van der Waals surface area contributed by atoms with E-state index in [-0.39, 0.29) is 12.6 Å². The molecule has 0 spiro atoms. The number of ether oxygens (including phenoxy) is 2. The summed E-state index contributed by atoms with van der Waals surface area (Å²) in [4.78, 5) is 26.0. The molecule has 1 aromatic carbocycles. The van der Waals surface area contributed by atoms with Crippen LogP contribution in [-0.4, -0.2) is 59.7 Å². The standard InChI is InChI=1S/C22H24N8O4S/c1-22(2,32)20(31)24-5-3-7-30-19-17(18(23)25-10-26-19)28-21(30)35-16-9-15-14(33-11-34-15)8-12(16)13-4-6-27-29-13/h4,6,8-10,32H,3,5,7,11H2,1-2H3,(H,24,31)(H,27,29)(H2,23,25,26). The van der Waals surface area contributed by atoms with Gasteiger partial charge in [0.15, 0.2) is 33.6 Å². The largest absolute Gasteiger partial charge is 0.454 e. The van der Waals surface area contributed by atoms with Crippen molar-refractivity contribution >= 4 is 34.7 Å². The number of nitrogens with two attached hydrogens (primary N) is 1. The van der Waals surface area contributed by atoms with Crippen LogP contribution < -0.4 is 20.5 Å². The number of nitrogens with one attached hydrogen (secondary N) is 2. The Kier molecular flexibility index (Phi) is 5.94. The number of aliphatic hydroxyl groups is 1. The molecule has 35 heavy (non-hydrogen) atoms. The SMILES string of the molecule is CC(C)(O)C(=O)NCCCn1c(Sc2cc3c(cc2-c2cc[nH]n2)OCO3)nc2c(N)ncnc21. The minimum absolute atomic E-state index is 0.157. The van der Waals surface area contributed by atoms with E-state index in [9.17, 15) is 9.90 Å². The zero-order valence-corrected chi connectivity index (χ0v) is 19.9. The molecule has 182 valence electrons. The molecule has 0 unspecified atom stereocenters. The van der Waals surface area contributed by atoms with Gasteiger partial charge in [0, 0.05) is 29.7 Å². The van der Waals surface area contributed by atoms with Crippen LogP contribution >= 0.6 is 11.8 Å². The Hall–Kier alpha value is -3.84. The van der Waals surface area contributed by atoms with Gasteiger partial charge in [0.1, 0.15) is 11.9 Å². The summed E-state index contributed by atoms with van der Waals surface area (Å²) < 4.78 is 13.1. The van der Waals surface area contributed by atoms with Crippen molar-refractivity contribution in [2.75, 3.05) is 19.1 Å². The van der Waals surface area contributed by atoms with Crippen LogP contribution in [0, 0.1) is 0 Å². The number of H-pyrrole nitrogens is 1. The zero-order chi connectivity index (χ0) is 24.6. The molecule has 0 saturated carbocycles. The maximum atomic E-state index is 12.0. The first-order valence-corrected chi connectivity index (χ1v) is 11.7. The van der Waals surface area contributed by atoms with E-state index >= 15 is 0 Å². The van der Waals surface area contributed by atoms with Crippen LogP contribution in [0.25, 0.3) is 22.4 Å². The minimum atomic E-state index is -1.44. The van der Waals surface area contributed by atoms with Crippen molar-refractivity contribution in [1.82, 2.24) is 35.0 Å². The number of amides is 1. The molecule has 0 bridgehead atoms. The Morgan fingerprint density at radius 2 is 2.11 bits per heavy atom. The first-order valence-electron chi connectivity index (χ1n) is 10.9. The summed E-state index contributed by atoms with van der Waals surface area (Å²) in [7, 11) is 0. The highest BCUT2D eigenvalue weighted by molar-refractivity contribution is 7.99. The van der Waals surface area contributed by atoms with Crippen molar-refractivity contribution in [2.24, 2.45) is 0 Å². The van der Waals surface area contributed by atoms with Crippen LogP contribution in [0.15, 0.2) is 40.8 Å². The fraction of sp³-hybridized carbons (Fsp3) is 0.318. The van der Waals surface area contributed by atoms with Crippen LogP contribution in [0.3, 0.4) is 0 Å². The molecule has 1 aliphatic rings. The molecule has 0 aliphatic carbocycles. The summed E-state index contributed by atoms with van der Waals surface area (Å²) in [6, 6.07) is 5.67. The van der Waals surface area contributed by atoms with Crippen LogP contribution in [0.5, 0.6) is 11.5 Å². The van der Waals surface area contributed by atoms with E-state index in [1.165, 1.54) is 31.9 Å². The molecule has 3 aromatic heterocycles. The Bertz CT molecular complexity index is 1380. The molecule has 1 amide bonds. The average Bonchev–Trinajstić information content (AvgIpc) is 3.56. The smallest absolute Gasteiger partial charge is 0.251 e. The predicted molar refractivity (Wildman–Crippen MR) is 128 cm³/mol.